The summed E-state index contributed by atoms with van der Waals surface area (Å²) in [6.45, 7) is 6.56. The molecule has 1 aliphatic heterocycles. The van der Waals surface area contributed by atoms with Crippen molar-refractivity contribution in [2.75, 3.05) is 11.1 Å². The number of hydrogen-bond donors (Lipinski definition) is 1. The van der Waals surface area contributed by atoms with Crippen LogP contribution in [0.1, 0.15) is 29.3 Å². The Labute approximate surface area is 190 Å². The molecule has 1 unspecified atom stereocenters. The quantitative estimate of drug-likeness (QED) is 0.436. The molecule has 2 heterocycles. The monoisotopic (exact) mass is 451 g/mol. The number of fused-ring (bicyclic) bond motifs is 1. The molecule has 1 atom stereocenters. The summed E-state index contributed by atoms with van der Waals surface area (Å²) in [5, 5.41) is 3.91. The first kappa shape index (κ1) is 21.7. The number of amides is 1. The molecule has 0 spiro atoms. The third kappa shape index (κ3) is 5.05. The number of anilines is 1. The summed E-state index contributed by atoms with van der Waals surface area (Å²) in [6, 6.07) is 15.8. The zero-order valence-electron chi connectivity index (χ0n) is 17.8. The van der Waals surface area contributed by atoms with E-state index >= 15 is 0 Å². The zero-order chi connectivity index (χ0) is 22.0. The van der Waals surface area contributed by atoms with Crippen LogP contribution in [0, 0.1) is 13.8 Å². The molecule has 1 aliphatic rings. The number of nitrogens with one attached hydrogen (secondary N) is 1. The predicted molar refractivity (Wildman–Crippen MR) is 128 cm³/mol. The molecule has 1 amide bonds. The number of rotatable bonds is 6. The van der Waals surface area contributed by atoms with Gasteiger partial charge >= 0.3 is 0 Å². The standard InChI is InChI=1S/C24H25N3O2S2/c1-15-9-10-19(16(2)11-15)25-21(28)14-30-24-26-20-12-17(3)31-22(20)23(29)27(24)13-18-7-5-4-6-8-18/h4-11,17H,12-14H2,1-3H3,(H,25,28). The summed E-state index contributed by atoms with van der Waals surface area (Å²) >= 11 is 2.91. The highest BCUT2D eigenvalue weighted by Crippen LogP contribution is 2.34. The number of hydrogen-bond acceptors (Lipinski definition) is 5. The number of aromatic nitrogens is 2. The van der Waals surface area contributed by atoms with Gasteiger partial charge in [0.05, 0.1) is 22.9 Å². The summed E-state index contributed by atoms with van der Waals surface area (Å²) < 4.78 is 1.70. The zero-order valence-corrected chi connectivity index (χ0v) is 19.5. The Hall–Kier alpha value is -2.51. The Morgan fingerprint density at radius 2 is 2.00 bits per heavy atom. The number of thioether (sulfide) groups is 2. The average molecular weight is 452 g/mol. The minimum atomic E-state index is -0.110. The van der Waals surface area contributed by atoms with E-state index in [0.717, 1.165) is 39.4 Å². The maximum Gasteiger partial charge on any atom is 0.268 e. The summed E-state index contributed by atoms with van der Waals surface area (Å²) in [4.78, 5) is 31.4. The van der Waals surface area contributed by atoms with Crippen molar-refractivity contribution in [3.05, 3.63) is 81.3 Å². The summed E-state index contributed by atoms with van der Waals surface area (Å²) in [6.07, 6.45) is 0.781. The van der Waals surface area contributed by atoms with E-state index in [1.54, 1.807) is 16.3 Å². The molecule has 160 valence electrons. The number of carbonyl (C=O) groups is 1. The van der Waals surface area contributed by atoms with Crippen LogP contribution >= 0.6 is 23.5 Å². The highest BCUT2D eigenvalue weighted by atomic mass is 32.2. The van der Waals surface area contributed by atoms with Gasteiger partial charge in [-0.25, -0.2) is 4.98 Å². The van der Waals surface area contributed by atoms with Crippen LogP contribution in [0.15, 0.2) is 63.4 Å². The molecular weight excluding hydrogens is 426 g/mol. The molecule has 0 bridgehead atoms. The lowest BCUT2D eigenvalue weighted by Crippen LogP contribution is -2.26. The first-order valence-electron chi connectivity index (χ1n) is 10.2. The Kier molecular flexibility index (Phi) is 6.53. The van der Waals surface area contributed by atoms with Crippen LogP contribution in [0.5, 0.6) is 0 Å². The van der Waals surface area contributed by atoms with Gasteiger partial charge in [0.15, 0.2) is 5.16 Å². The molecule has 2 aromatic carbocycles. The fourth-order valence-corrected chi connectivity index (χ4v) is 5.55. The number of benzene rings is 2. The fourth-order valence-electron chi connectivity index (χ4n) is 3.62. The van der Waals surface area contributed by atoms with Crippen LogP contribution in [0.2, 0.25) is 0 Å². The fraction of sp³-hybridized carbons (Fsp3) is 0.292. The first-order chi connectivity index (χ1) is 14.9. The smallest absolute Gasteiger partial charge is 0.268 e. The lowest BCUT2D eigenvalue weighted by Gasteiger charge is -2.14. The Morgan fingerprint density at radius 3 is 2.74 bits per heavy atom. The van der Waals surface area contributed by atoms with Crippen LogP contribution in [0.4, 0.5) is 5.69 Å². The van der Waals surface area contributed by atoms with Crippen molar-refractivity contribution in [1.82, 2.24) is 9.55 Å². The van der Waals surface area contributed by atoms with Crippen LogP contribution in [0.25, 0.3) is 0 Å². The molecule has 1 N–H and O–H groups in total. The van der Waals surface area contributed by atoms with Crippen molar-refractivity contribution in [2.45, 2.75) is 49.0 Å². The van der Waals surface area contributed by atoms with E-state index < -0.39 is 0 Å². The maximum atomic E-state index is 13.2. The predicted octanol–water partition coefficient (Wildman–Crippen LogP) is 4.68. The van der Waals surface area contributed by atoms with E-state index in [-0.39, 0.29) is 17.2 Å². The van der Waals surface area contributed by atoms with E-state index in [0.29, 0.717) is 17.0 Å². The summed E-state index contributed by atoms with van der Waals surface area (Å²) in [5.74, 6) is 0.0800. The van der Waals surface area contributed by atoms with Gasteiger partial charge in [-0.1, -0.05) is 66.7 Å². The van der Waals surface area contributed by atoms with E-state index in [4.69, 9.17) is 4.98 Å². The molecule has 0 aliphatic carbocycles. The van der Waals surface area contributed by atoms with Crippen molar-refractivity contribution in [3.8, 4) is 0 Å². The molecule has 0 saturated carbocycles. The van der Waals surface area contributed by atoms with Crippen molar-refractivity contribution in [3.63, 3.8) is 0 Å². The molecule has 1 aromatic heterocycles. The van der Waals surface area contributed by atoms with Crippen LogP contribution in [0.3, 0.4) is 0 Å². The van der Waals surface area contributed by atoms with E-state index in [1.807, 2.05) is 62.4 Å². The minimum Gasteiger partial charge on any atom is -0.325 e. The van der Waals surface area contributed by atoms with Crippen molar-refractivity contribution in [1.29, 1.82) is 0 Å². The molecule has 5 nitrogen and oxygen atoms in total. The third-order valence-corrected chi connectivity index (χ3v) is 7.33. The second kappa shape index (κ2) is 9.32. The Morgan fingerprint density at radius 1 is 1.23 bits per heavy atom. The minimum absolute atomic E-state index is 0.0134. The van der Waals surface area contributed by atoms with Gasteiger partial charge in [0.2, 0.25) is 5.91 Å². The van der Waals surface area contributed by atoms with Gasteiger partial charge in [0, 0.05) is 17.4 Å². The maximum absolute atomic E-state index is 13.2. The molecule has 0 fully saturated rings. The third-order valence-electron chi connectivity index (χ3n) is 5.13. The van der Waals surface area contributed by atoms with Gasteiger partial charge in [-0.15, -0.1) is 11.8 Å². The van der Waals surface area contributed by atoms with Gasteiger partial charge in [-0.3, -0.25) is 14.2 Å². The van der Waals surface area contributed by atoms with E-state index in [2.05, 4.69) is 12.2 Å². The highest BCUT2D eigenvalue weighted by molar-refractivity contribution is 8.00. The average Bonchev–Trinajstić information content (AvgIpc) is 3.12. The molecule has 4 rings (SSSR count). The largest absolute Gasteiger partial charge is 0.325 e. The van der Waals surface area contributed by atoms with Crippen molar-refractivity contribution < 1.29 is 4.79 Å². The second-order valence-corrected chi connectivity index (χ2v) is 10.2. The number of carbonyl (C=O) groups excluding carboxylic acids is 1. The molecule has 0 saturated heterocycles. The van der Waals surface area contributed by atoms with Gasteiger partial charge < -0.3 is 5.32 Å². The molecular formula is C24H25N3O2S2. The molecule has 3 aromatic rings. The van der Waals surface area contributed by atoms with Gasteiger partial charge in [-0.05, 0) is 31.0 Å². The van der Waals surface area contributed by atoms with Crippen molar-refractivity contribution >= 4 is 35.1 Å². The van der Waals surface area contributed by atoms with Crippen LogP contribution in [-0.2, 0) is 17.8 Å². The number of nitrogens with zero attached hydrogens (tertiary/aromatic N) is 2. The van der Waals surface area contributed by atoms with E-state index in [9.17, 15) is 9.59 Å². The summed E-state index contributed by atoms with van der Waals surface area (Å²) in [5.41, 5.74) is 4.86. The SMILES string of the molecule is Cc1ccc(NC(=O)CSc2nc3c(c(=O)n2Cc2ccccc2)SC(C)C3)c(C)c1. The topological polar surface area (TPSA) is 64.0 Å². The molecule has 0 radical (unpaired) electrons. The second-order valence-electron chi connectivity index (χ2n) is 7.83. The normalized spacial score (nSPS) is 15.0. The Bertz CT molecular complexity index is 1180. The lowest BCUT2D eigenvalue weighted by atomic mass is 10.1. The van der Waals surface area contributed by atoms with E-state index in [1.165, 1.54) is 11.8 Å². The van der Waals surface area contributed by atoms with Gasteiger partial charge in [-0.2, -0.15) is 0 Å². The first-order valence-corrected chi connectivity index (χ1v) is 12.1. The summed E-state index contributed by atoms with van der Waals surface area (Å²) in [7, 11) is 0. The van der Waals surface area contributed by atoms with Crippen molar-refractivity contribution in [2.24, 2.45) is 0 Å². The molecule has 31 heavy (non-hydrogen) atoms. The van der Waals surface area contributed by atoms with Gasteiger partial charge in [0.25, 0.3) is 5.56 Å². The molecule has 7 heteroatoms. The number of aryl methyl sites for hydroxylation is 2. The Balaban J connectivity index is 1.56. The van der Waals surface area contributed by atoms with Gasteiger partial charge in [0.1, 0.15) is 0 Å². The van der Waals surface area contributed by atoms with Crippen LogP contribution in [-0.4, -0.2) is 26.5 Å². The lowest BCUT2D eigenvalue weighted by molar-refractivity contribution is -0.113. The highest BCUT2D eigenvalue weighted by Gasteiger charge is 2.26. The van der Waals surface area contributed by atoms with Crippen LogP contribution < -0.4 is 10.9 Å².